The largest absolute Gasteiger partial charge is 0.338 e. The van der Waals surface area contributed by atoms with E-state index >= 15 is 0 Å². The molecule has 1 unspecified atom stereocenters. The van der Waals surface area contributed by atoms with E-state index in [1.807, 2.05) is 60.8 Å². The van der Waals surface area contributed by atoms with E-state index in [1.54, 1.807) is 0 Å². The molecule has 3 aromatic heterocycles. The highest BCUT2D eigenvalue weighted by atomic mass is 79.9. The molecule has 0 fully saturated rings. The van der Waals surface area contributed by atoms with Crippen LogP contribution in [0.25, 0.3) is 33.3 Å². The number of hydrogen-bond acceptors (Lipinski definition) is 7. The Balaban J connectivity index is 1.28. The number of rotatable bonds is 5. The normalized spacial score (nSPS) is 12.3. The first kappa shape index (κ1) is 20.1. The Morgan fingerprint density at radius 1 is 1.13 bits per heavy atom. The summed E-state index contributed by atoms with van der Waals surface area (Å²) in [6.07, 6.45) is 0. The van der Waals surface area contributed by atoms with Crippen LogP contribution in [-0.4, -0.2) is 36.3 Å². The molecular formula is C21H15BrN6OS2. The number of anilines is 1. The molecule has 31 heavy (non-hydrogen) atoms. The lowest BCUT2D eigenvalue weighted by molar-refractivity contribution is -0.115. The van der Waals surface area contributed by atoms with Gasteiger partial charge in [-0.25, -0.2) is 9.97 Å². The number of halogens is 1. The van der Waals surface area contributed by atoms with Crippen LogP contribution in [-0.2, 0) is 4.79 Å². The second kappa shape index (κ2) is 8.37. The molecule has 0 aliphatic heterocycles. The predicted molar refractivity (Wildman–Crippen MR) is 128 cm³/mol. The standard InChI is InChI=1S/C21H15BrN6OS2/c1-11(19(29)26-20-24-16(10-30-20)12-6-8-13(22)9-7-12)31-21-25-18-17(27-28-21)14-4-2-3-5-15(14)23-18/h2-11H,1H3,(H,23,25,28)(H,24,26,29). The highest BCUT2D eigenvalue weighted by Gasteiger charge is 2.19. The number of aromatic nitrogens is 5. The quantitative estimate of drug-likeness (QED) is 0.302. The van der Waals surface area contributed by atoms with E-state index in [9.17, 15) is 4.79 Å². The summed E-state index contributed by atoms with van der Waals surface area (Å²) in [7, 11) is 0. The van der Waals surface area contributed by atoms with Gasteiger partial charge < -0.3 is 10.3 Å². The zero-order chi connectivity index (χ0) is 21.4. The Hall–Kier alpha value is -2.82. The SMILES string of the molecule is CC(Sc1nnc2c(n1)[nH]c1ccccc12)C(=O)Nc1nc(-c2ccc(Br)cc2)cs1. The molecule has 0 saturated heterocycles. The van der Waals surface area contributed by atoms with E-state index in [0.717, 1.165) is 32.1 Å². The highest BCUT2D eigenvalue weighted by molar-refractivity contribution is 9.10. The molecule has 154 valence electrons. The van der Waals surface area contributed by atoms with Crippen molar-refractivity contribution < 1.29 is 4.79 Å². The first-order valence-electron chi connectivity index (χ1n) is 9.37. The van der Waals surface area contributed by atoms with Crippen molar-refractivity contribution in [3.8, 4) is 11.3 Å². The zero-order valence-electron chi connectivity index (χ0n) is 16.2. The van der Waals surface area contributed by atoms with Gasteiger partial charge in [0.15, 0.2) is 10.8 Å². The molecule has 0 aliphatic rings. The van der Waals surface area contributed by atoms with Crippen molar-refractivity contribution in [2.45, 2.75) is 17.3 Å². The summed E-state index contributed by atoms with van der Waals surface area (Å²) in [5.74, 6) is -0.165. The van der Waals surface area contributed by atoms with Crippen LogP contribution in [0.2, 0.25) is 0 Å². The number of benzene rings is 2. The summed E-state index contributed by atoms with van der Waals surface area (Å²) in [5, 5.41) is 14.9. The third kappa shape index (κ3) is 4.18. The van der Waals surface area contributed by atoms with Gasteiger partial charge in [0, 0.05) is 26.3 Å². The molecule has 5 aromatic rings. The number of amides is 1. The van der Waals surface area contributed by atoms with E-state index in [0.29, 0.717) is 15.9 Å². The fourth-order valence-electron chi connectivity index (χ4n) is 3.06. The molecule has 0 aliphatic carbocycles. The van der Waals surface area contributed by atoms with Crippen LogP contribution < -0.4 is 5.32 Å². The van der Waals surface area contributed by atoms with Gasteiger partial charge in [-0.1, -0.05) is 58.0 Å². The van der Waals surface area contributed by atoms with Crippen molar-refractivity contribution in [3.05, 3.63) is 58.4 Å². The van der Waals surface area contributed by atoms with Crippen LogP contribution in [0.15, 0.2) is 63.5 Å². The molecule has 0 bridgehead atoms. The van der Waals surface area contributed by atoms with Crippen LogP contribution in [0.3, 0.4) is 0 Å². The number of nitrogens with zero attached hydrogens (tertiary/aromatic N) is 4. The Morgan fingerprint density at radius 2 is 1.94 bits per heavy atom. The average molecular weight is 511 g/mol. The second-order valence-electron chi connectivity index (χ2n) is 6.76. The van der Waals surface area contributed by atoms with Gasteiger partial charge in [-0.2, -0.15) is 0 Å². The van der Waals surface area contributed by atoms with Crippen LogP contribution in [0.5, 0.6) is 0 Å². The Kier molecular flexibility index (Phi) is 5.43. The summed E-state index contributed by atoms with van der Waals surface area (Å²) in [4.78, 5) is 24.9. The number of carbonyl (C=O) groups excluding carboxylic acids is 1. The highest BCUT2D eigenvalue weighted by Crippen LogP contribution is 2.28. The van der Waals surface area contributed by atoms with Crippen LogP contribution in [0.4, 0.5) is 5.13 Å². The number of nitrogens with one attached hydrogen (secondary N) is 2. The topological polar surface area (TPSA) is 96.5 Å². The molecule has 10 heteroatoms. The smallest absolute Gasteiger partial charge is 0.239 e. The fourth-order valence-corrected chi connectivity index (χ4v) is 4.76. The monoisotopic (exact) mass is 510 g/mol. The molecule has 2 N–H and O–H groups in total. The molecular weight excluding hydrogens is 496 g/mol. The second-order valence-corrected chi connectivity index (χ2v) is 9.84. The van der Waals surface area contributed by atoms with Gasteiger partial charge in [-0.15, -0.1) is 21.5 Å². The minimum Gasteiger partial charge on any atom is -0.338 e. The minimum absolute atomic E-state index is 0.165. The number of para-hydroxylation sites is 1. The zero-order valence-corrected chi connectivity index (χ0v) is 19.4. The number of thioether (sulfide) groups is 1. The predicted octanol–water partition coefficient (Wildman–Crippen LogP) is 5.51. The third-order valence-electron chi connectivity index (χ3n) is 4.63. The van der Waals surface area contributed by atoms with Gasteiger partial charge in [-0.3, -0.25) is 4.79 Å². The number of hydrogen-bond donors (Lipinski definition) is 2. The number of aromatic amines is 1. The molecule has 0 spiro atoms. The summed E-state index contributed by atoms with van der Waals surface area (Å²) in [6, 6.07) is 15.7. The molecule has 1 atom stereocenters. The van der Waals surface area contributed by atoms with Crippen molar-refractivity contribution in [2.24, 2.45) is 0 Å². The van der Waals surface area contributed by atoms with Crippen molar-refractivity contribution in [1.82, 2.24) is 25.1 Å². The van der Waals surface area contributed by atoms with Gasteiger partial charge in [0.05, 0.1) is 10.9 Å². The molecule has 3 heterocycles. The summed E-state index contributed by atoms with van der Waals surface area (Å²) < 4.78 is 1.01. The Labute approximate surface area is 193 Å². The van der Waals surface area contributed by atoms with Crippen LogP contribution >= 0.6 is 39.0 Å². The first-order valence-corrected chi connectivity index (χ1v) is 11.9. The van der Waals surface area contributed by atoms with Crippen LogP contribution in [0, 0.1) is 0 Å². The lowest BCUT2D eigenvalue weighted by atomic mass is 10.2. The Bertz CT molecular complexity index is 1400. The maximum Gasteiger partial charge on any atom is 0.239 e. The van der Waals surface area contributed by atoms with Gasteiger partial charge >= 0.3 is 0 Å². The lowest BCUT2D eigenvalue weighted by Gasteiger charge is -2.08. The molecule has 0 saturated carbocycles. The summed E-state index contributed by atoms with van der Waals surface area (Å²) >= 11 is 6.07. The number of H-pyrrole nitrogens is 1. The van der Waals surface area contributed by atoms with Crippen molar-refractivity contribution in [3.63, 3.8) is 0 Å². The van der Waals surface area contributed by atoms with Crippen molar-refractivity contribution in [1.29, 1.82) is 0 Å². The Morgan fingerprint density at radius 3 is 2.77 bits per heavy atom. The van der Waals surface area contributed by atoms with Crippen molar-refractivity contribution in [2.75, 3.05) is 5.32 Å². The van der Waals surface area contributed by atoms with Gasteiger partial charge in [-0.05, 0) is 25.1 Å². The van der Waals surface area contributed by atoms with E-state index < -0.39 is 5.25 Å². The fraction of sp³-hybridized carbons (Fsp3) is 0.0952. The maximum absolute atomic E-state index is 12.7. The third-order valence-corrected chi connectivity index (χ3v) is 6.87. The lowest BCUT2D eigenvalue weighted by Crippen LogP contribution is -2.22. The van der Waals surface area contributed by atoms with E-state index in [2.05, 4.69) is 46.4 Å². The number of carbonyl (C=O) groups is 1. The number of thiazole rings is 1. The van der Waals surface area contributed by atoms with Crippen molar-refractivity contribution >= 4 is 72.1 Å². The molecule has 5 rings (SSSR count). The molecule has 7 nitrogen and oxygen atoms in total. The molecule has 1 amide bonds. The van der Waals surface area contributed by atoms with Gasteiger partial charge in [0.25, 0.3) is 0 Å². The molecule has 2 aromatic carbocycles. The summed E-state index contributed by atoms with van der Waals surface area (Å²) in [5.41, 5.74) is 4.15. The van der Waals surface area contributed by atoms with Gasteiger partial charge in [0.2, 0.25) is 11.1 Å². The minimum atomic E-state index is -0.413. The maximum atomic E-state index is 12.7. The van der Waals surface area contributed by atoms with E-state index in [1.165, 1.54) is 23.1 Å². The van der Waals surface area contributed by atoms with E-state index in [-0.39, 0.29) is 5.91 Å². The number of fused-ring (bicyclic) bond motifs is 3. The van der Waals surface area contributed by atoms with E-state index in [4.69, 9.17) is 0 Å². The molecule has 0 radical (unpaired) electrons. The van der Waals surface area contributed by atoms with Gasteiger partial charge in [0.1, 0.15) is 5.52 Å². The van der Waals surface area contributed by atoms with Crippen LogP contribution in [0.1, 0.15) is 6.92 Å². The first-order chi connectivity index (χ1) is 15.1. The summed E-state index contributed by atoms with van der Waals surface area (Å²) in [6.45, 7) is 1.81. The average Bonchev–Trinajstić information content (AvgIpc) is 3.38.